The number of fused-ring (bicyclic) bond motifs is 1. The van der Waals surface area contributed by atoms with Gasteiger partial charge in [0.2, 0.25) is 0 Å². The molecule has 0 radical (unpaired) electrons. The first-order valence-corrected chi connectivity index (χ1v) is 13.9. The fourth-order valence-corrected chi connectivity index (χ4v) is 5.36. The number of carbonyl (C=O) groups is 1. The zero-order valence-electron chi connectivity index (χ0n) is 20.4. The van der Waals surface area contributed by atoms with Crippen molar-refractivity contribution < 1.29 is 19.0 Å². The molecule has 0 amide bonds. The molecule has 1 aliphatic rings. The van der Waals surface area contributed by atoms with Crippen molar-refractivity contribution in [1.82, 2.24) is 9.66 Å². The molecule has 0 saturated heterocycles. The zero-order valence-corrected chi connectivity index (χ0v) is 24.4. The van der Waals surface area contributed by atoms with Gasteiger partial charge in [0.1, 0.15) is 10.8 Å². The Balaban J connectivity index is 1.76. The Morgan fingerprint density at radius 3 is 2.70 bits per heavy atom. The Morgan fingerprint density at radius 1 is 1.24 bits per heavy atom. The summed E-state index contributed by atoms with van der Waals surface area (Å²) < 4.78 is 18.6. The number of hydrogen-bond acceptors (Lipinski definition) is 7. The van der Waals surface area contributed by atoms with Crippen LogP contribution in [0.4, 0.5) is 0 Å². The molecule has 196 valence electrons. The predicted octanol–water partition coefficient (Wildman–Crippen LogP) is 6.46. The first kappa shape index (κ1) is 27.6. The van der Waals surface area contributed by atoms with Crippen molar-refractivity contribution in [2.24, 2.45) is 5.10 Å². The second-order valence-electron chi connectivity index (χ2n) is 8.55. The average molecular weight is 656 g/mol. The van der Waals surface area contributed by atoms with Crippen LogP contribution in [0.5, 0.6) is 11.5 Å². The van der Waals surface area contributed by atoms with Crippen LogP contribution in [0, 0.1) is 0 Å². The van der Waals surface area contributed by atoms with Gasteiger partial charge in [0.05, 0.1) is 30.8 Å². The second kappa shape index (κ2) is 12.4. The van der Waals surface area contributed by atoms with Gasteiger partial charge in [-0.05, 0) is 60.0 Å². The Labute approximate surface area is 236 Å². The number of esters is 1. The van der Waals surface area contributed by atoms with Crippen LogP contribution in [-0.4, -0.2) is 42.2 Å². The smallest absolute Gasteiger partial charge is 0.344 e. The molecule has 8 nitrogen and oxygen atoms in total. The van der Waals surface area contributed by atoms with E-state index < -0.39 is 5.97 Å². The van der Waals surface area contributed by atoms with Crippen molar-refractivity contribution in [2.45, 2.75) is 44.9 Å². The largest absolute Gasteiger partial charge is 0.493 e. The number of benzene rings is 2. The van der Waals surface area contributed by atoms with Crippen LogP contribution in [0.25, 0.3) is 10.9 Å². The molecule has 11 heteroatoms. The SMILES string of the molecule is CCOC(=O)COc1c(OC)cc(C=Nn2c(C3CCCCC3)nc3ccc(Br)cc3c2=O)c(Br)c1Cl. The van der Waals surface area contributed by atoms with Gasteiger partial charge in [-0.1, -0.05) is 46.8 Å². The molecule has 0 unspecified atom stereocenters. The molecular formula is C26H26Br2ClN3O5. The van der Waals surface area contributed by atoms with Crippen LogP contribution in [0.2, 0.25) is 5.02 Å². The number of aromatic nitrogens is 2. The highest BCUT2D eigenvalue weighted by Gasteiger charge is 2.23. The van der Waals surface area contributed by atoms with E-state index in [1.165, 1.54) is 24.4 Å². The molecule has 37 heavy (non-hydrogen) atoms. The van der Waals surface area contributed by atoms with Gasteiger partial charge in [0.15, 0.2) is 18.1 Å². The summed E-state index contributed by atoms with van der Waals surface area (Å²) in [5.74, 6) is 0.775. The third kappa shape index (κ3) is 6.18. The van der Waals surface area contributed by atoms with Crippen LogP contribution in [0.15, 0.2) is 43.1 Å². The predicted molar refractivity (Wildman–Crippen MR) is 150 cm³/mol. The molecule has 1 aromatic heterocycles. The van der Waals surface area contributed by atoms with Gasteiger partial charge in [-0.25, -0.2) is 9.78 Å². The monoisotopic (exact) mass is 653 g/mol. The maximum Gasteiger partial charge on any atom is 0.344 e. The standard InChI is InChI=1S/C26H26Br2ClN3O5/c1-3-36-21(33)14-37-24-20(35-2)11-16(22(28)23(24)29)13-30-32-25(15-7-5-4-6-8-15)31-19-10-9-17(27)12-18(19)26(32)34/h9-13,15H,3-8,14H2,1-2H3. The summed E-state index contributed by atoms with van der Waals surface area (Å²) in [4.78, 5) is 30.2. The lowest BCUT2D eigenvalue weighted by Gasteiger charge is -2.22. The Morgan fingerprint density at radius 2 is 2.00 bits per heavy atom. The third-order valence-electron chi connectivity index (χ3n) is 6.13. The van der Waals surface area contributed by atoms with E-state index in [1.807, 2.05) is 12.1 Å². The van der Waals surface area contributed by atoms with Gasteiger partial charge in [-0.15, -0.1) is 0 Å². The number of carbonyl (C=O) groups excluding carboxylic acids is 1. The van der Waals surface area contributed by atoms with Crippen molar-refractivity contribution in [3.05, 3.63) is 60.0 Å². The Hall–Kier alpha value is -2.43. The summed E-state index contributed by atoms with van der Waals surface area (Å²) in [6.07, 6.45) is 6.81. The number of nitrogens with zero attached hydrogens (tertiary/aromatic N) is 3. The molecule has 0 atom stereocenters. The summed E-state index contributed by atoms with van der Waals surface area (Å²) >= 11 is 13.5. The van der Waals surface area contributed by atoms with Crippen molar-refractivity contribution in [2.75, 3.05) is 20.3 Å². The van der Waals surface area contributed by atoms with E-state index in [1.54, 1.807) is 19.1 Å². The quantitative estimate of drug-likeness (QED) is 0.205. The number of rotatable bonds is 8. The van der Waals surface area contributed by atoms with E-state index in [9.17, 15) is 9.59 Å². The van der Waals surface area contributed by atoms with Crippen LogP contribution in [0.1, 0.15) is 56.3 Å². The third-order valence-corrected chi connectivity index (χ3v) is 8.07. The van der Waals surface area contributed by atoms with Gasteiger partial charge in [-0.2, -0.15) is 9.78 Å². The van der Waals surface area contributed by atoms with E-state index in [2.05, 4.69) is 37.0 Å². The molecule has 1 fully saturated rings. The van der Waals surface area contributed by atoms with E-state index >= 15 is 0 Å². The molecule has 3 aromatic rings. The number of methoxy groups -OCH3 is 1. The van der Waals surface area contributed by atoms with Crippen LogP contribution in [0.3, 0.4) is 0 Å². The van der Waals surface area contributed by atoms with Crippen LogP contribution in [-0.2, 0) is 9.53 Å². The first-order chi connectivity index (χ1) is 17.8. The highest BCUT2D eigenvalue weighted by molar-refractivity contribution is 9.10. The summed E-state index contributed by atoms with van der Waals surface area (Å²) in [6.45, 7) is 1.64. The van der Waals surface area contributed by atoms with Gasteiger partial charge < -0.3 is 14.2 Å². The number of halogens is 3. The molecule has 0 spiro atoms. The van der Waals surface area contributed by atoms with E-state index in [0.717, 1.165) is 30.2 Å². The van der Waals surface area contributed by atoms with Gasteiger partial charge in [-0.3, -0.25) is 4.79 Å². The number of ether oxygens (including phenoxy) is 3. The molecule has 0 aliphatic heterocycles. The molecule has 4 rings (SSSR count). The minimum Gasteiger partial charge on any atom is -0.493 e. The highest BCUT2D eigenvalue weighted by atomic mass is 79.9. The van der Waals surface area contributed by atoms with Gasteiger partial charge >= 0.3 is 5.97 Å². The molecular weight excluding hydrogens is 630 g/mol. The lowest BCUT2D eigenvalue weighted by atomic mass is 9.88. The maximum absolute atomic E-state index is 13.6. The Bertz CT molecular complexity index is 1400. The molecule has 1 aliphatic carbocycles. The Kier molecular flexibility index (Phi) is 9.26. The lowest BCUT2D eigenvalue weighted by Crippen LogP contribution is -2.25. The van der Waals surface area contributed by atoms with Crippen molar-refractivity contribution >= 4 is 66.5 Å². The fourth-order valence-electron chi connectivity index (χ4n) is 4.34. The minimum absolute atomic E-state index is 0.145. The van der Waals surface area contributed by atoms with E-state index in [0.29, 0.717) is 32.5 Å². The normalized spacial score (nSPS) is 14.3. The maximum atomic E-state index is 13.6. The topological polar surface area (TPSA) is 92.0 Å². The first-order valence-electron chi connectivity index (χ1n) is 11.9. The molecule has 0 bridgehead atoms. The second-order valence-corrected chi connectivity index (χ2v) is 10.6. The van der Waals surface area contributed by atoms with E-state index in [-0.39, 0.29) is 35.5 Å². The molecule has 1 saturated carbocycles. The number of hydrogen-bond donors (Lipinski definition) is 0. The zero-order chi connectivity index (χ0) is 26.5. The van der Waals surface area contributed by atoms with Crippen molar-refractivity contribution in [3.8, 4) is 11.5 Å². The van der Waals surface area contributed by atoms with Crippen LogP contribution >= 0.6 is 43.5 Å². The van der Waals surface area contributed by atoms with Gasteiger partial charge in [0, 0.05) is 20.4 Å². The van der Waals surface area contributed by atoms with Crippen molar-refractivity contribution in [1.29, 1.82) is 0 Å². The summed E-state index contributed by atoms with van der Waals surface area (Å²) in [6, 6.07) is 7.14. The van der Waals surface area contributed by atoms with Gasteiger partial charge in [0.25, 0.3) is 5.56 Å². The highest BCUT2D eigenvalue weighted by Crippen LogP contribution is 2.42. The lowest BCUT2D eigenvalue weighted by molar-refractivity contribution is -0.145. The summed E-state index contributed by atoms with van der Waals surface area (Å²) in [5.41, 5.74) is 0.960. The minimum atomic E-state index is -0.521. The molecule has 0 N–H and O–H groups in total. The van der Waals surface area contributed by atoms with Crippen molar-refractivity contribution in [3.63, 3.8) is 0 Å². The average Bonchev–Trinajstić information content (AvgIpc) is 2.90. The molecule has 1 heterocycles. The fraction of sp³-hybridized carbons (Fsp3) is 0.385. The van der Waals surface area contributed by atoms with Crippen LogP contribution < -0.4 is 15.0 Å². The molecule has 2 aromatic carbocycles. The summed E-state index contributed by atoms with van der Waals surface area (Å²) in [7, 11) is 1.47. The van der Waals surface area contributed by atoms with E-state index in [4.69, 9.17) is 30.8 Å². The summed E-state index contributed by atoms with van der Waals surface area (Å²) in [5, 5.41) is 5.25.